The number of fused-ring (bicyclic) bond motifs is 1. The first-order valence-corrected chi connectivity index (χ1v) is 4.79. The Kier molecular flexibility index (Phi) is 1.93. The first-order chi connectivity index (χ1) is 7.83. The Morgan fingerprint density at radius 2 is 1.81 bits per heavy atom. The Balaban J connectivity index is 2.14. The Labute approximate surface area is 90.6 Å². The van der Waals surface area contributed by atoms with Crippen LogP contribution in [0, 0.1) is 5.82 Å². The van der Waals surface area contributed by atoms with Crippen LogP contribution >= 0.6 is 0 Å². The number of hydrogen-bond donors (Lipinski definition) is 0. The summed E-state index contributed by atoms with van der Waals surface area (Å²) in [6.45, 7) is 0. The maximum Gasteiger partial charge on any atom is 0.199 e. The molecule has 0 saturated heterocycles. The highest BCUT2D eigenvalue weighted by atomic mass is 19.1. The predicted octanol–water partition coefficient (Wildman–Crippen LogP) is 3.03. The van der Waals surface area contributed by atoms with E-state index < -0.39 is 0 Å². The average Bonchev–Trinajstić information content (AvgIpc) is 2.77. The maximum absolute atomic E-state index is 12.8. The van der Waals surface area contributed by atoms with Crippen molar-refractivity contribution in [1.29, 1.82) is 0 Å². The molecule has 3 aromatic rings. The number of benzene rings is 1. The van der Waals surface area contributed by atoms with Crippen LogP contribution in [0.5, 0.6) is 0 Å². The summed E-state index contributed by atoms with van der Waals surface area (Å²) in [5.74, 6) is -0.258. The molecular weight excluding hydrogens is 207 g/mol. The lowest BCUT2D eigenvalue weighted by Gasteiger charge is -1.99. The van der Waals surface area contributed by atoms with Crippen molar-refractivity contribution in [3.05, 3.63) is 48.6 Å². The molecule has 0 spiro atoms. The molecule has 16 heavy (non-hydrogen) atoms. The minimum Gasteiger partial charge on any atom is -0.442 e. The second kappa shape index (κ2) is 3.41. The van der Waals surface area contributed by atoms with E-state index in [0.717, 1.165) is 11.3 Å². The molecule has 0 N–H and O–H groups in total. The molecule has 78 valence electrons. The molecule has 2 heterocycles. The SMILES string of the molecule is Fc1ccc(-c2ccc3ocnc3n2)cc1. The molecule has 0 amide bonds. The normalized spacial score (nSPS) is 10.8. The Hall–Kier alpha value is -2.23. The van der Waals surface area contributed by atoms with E-state index in [1.165, 1.54) is 18.5 Å². The number of hydrogen-bond acceptors (Lipinski definition) is 3. The van der Waals surface area contributed by atoms with Gasteiger partial charge in [-0.1, -0.05) is 0 Å². The second-order valence-electron chi connectivity index (χ2n) is 3.38. The monoisotopic (exact) mass is 214 g/mol. The highest BCUT2D eigenvalue weighted by molar-refractivity contribution is 5.72. The topological polar surface area (TPSA) is 38.9 Å². The lowest BCUT2D eigenvalue weighted by molar-refractivity contribution is 0.602. The summed E-state index contributed by atoms with van der Waals surface area (Å²) < 4.78 is 17.9. The molecule has 0 aliphatic rings. The molecule has 0 aliphatic heterocycles. The van der Waals surface area contributed by atoms with Crippen molar-refractivity contribution in [2.45, 2.75) is 0 Å². The van der Waals surface area contributed by atoms with E-state index in [1.54, 1.807) is 18.2 Å². The highest BCUT2D eigenvalue weighted by Gasteiger charge is 2.04. The van der Waals surface area contributed by atoms with Crippen molar-refractivity contribution < 1.29 is 8.81 Å². The molecule has 3 rings (SSSR count). The molecular formula is C12H7FN2O. The molecule has 0 atom stereocenters. The van der Waals surface area contributed by atoms with E-state index in [-0.39, 0.29) is 5.82 Å². The molecule has 3 nitrogen and oxygen atoms in total. The molecule has 0 saturated carbocycles. The van der Waals surface area contributed by atoms with Crippen molar-refractivity contribution >= 4 is 11.2 Å². The van der Waals surface area contributed by atoms with Crippen molar-refractivity contribution in [2.75, 3.05) is 0 Å². The Morgan fingerprint density at radius 1 is 1.00 bits per heavy atom. The minimum atomic E-state index is -0.258. The number of nitrogens with zero attached hydrogens (tertiary/aromatic N) is 2. The highest BCUT2D eigenvalue weighted by Crippen LogP contribution is 2.20. The van der Waals surface area contributed by atoms with Crippen LogP contribution in [0.4, 0.5) is 4.39 Å². The van der Waals surface area contributed by atoms with Crippen LogP contribution in [0.3, 0.4) is 0 Å². The number of pyridine rings is 1. The number of rotatable bonds is 1. The third-order valence-electron chi connectivity index (χ3n) is 2.33. The summed E-state index contributed by atoms with van der Waals surface area (Å²) in [4.78, 5) is 8.28. The second-order valence-corrected chi connectivity index (χ2v) is 3.38. The zero-order valence-electron chi connectivity index (χ0n) is 8.22. The van der Waals surface area contributed by atoms with Gasteiger partial charge in [-0.25, -0.2) is 9.37 Å². The summed E-state index contributed by atoms with van der Waals surface area (Å²) in [7, 11) is 0. The van der Waals surface area contributed by atoms with Crippen molar-refractivity contribution in [1.82, 2.24) is 9.97 Å². The summed E-state index contributed by atoms with van der Waals surface area (Å²) in [6, 6.07) is 9.80. The summed E-state index contributed by atoms with van der Waals surface area (Å²) in [5, 5.41) is 0. The van der Waals surface area contributed by atoms with E-state index in [9.17, 15) is 4.39 Å². The fourth-order valence-electron chi connectivity index (χ4n) is 1.53. The Bertz CT molecular complexity index is 631. The molecule has 0 unspecified atom stereocenters. The fourth-order valence-corrected chi connectivity index (χ4v) is 1.53. The third-order valence-corrected chi connectivity index (χ3v) is 2.33. The molecule has 0 radical (unpaired) electrons. The number of aromatic nitrogens is 2. The van der Waals surface area contributed by atoms with Crippen LogP contribution in [0.15, 0.2) is 47.2 Å². The lowest BCUT2D eigenvalue weighted by atomic mass is 10.1. The molecule has 0 aliphatic carbocycles. The van der Waals surface area contributed by atoms with Crippen molar-refractivity contribution in [3.8, 4) is 11.3 Å². The van der Waals surface area contributed by atoms with Gasteiger partial charge in [0, 0.05) is 5.56 Å². The summed E-state index contributed by atoms with van der Waals surface area (Å²) >= 11 is 0. The Morgan fingerprint density at radius 3 is 2.62 bits per heavy atom. The van der Waals surface area contributed by atoms with Gasteiger partial charge in [-0.05, 0) is 36.4 Å². The van der Waals surface area contributed by atoms with Gasteiger partial charge in [-0.2, -0.15) is 4.98 Å². The van der Waals surface area contributed by atoms with Gasteiger partial charge in [-0.3, -0.25) is 0 Å². The first-order valence-electron chi connectivity index (χ1n) is 4.79. The predicted molar refractivity (Wildman–Crippen MR) is 57.2 cm³/mol. The van der Waals surface area contributed by atoms with Crippen LogP contribution in [0.2, 0.25) is 0 Å². The molecule has 1 aromatic carbocycles. The fraction of sp³-hybridized carbons (Fsp3) is 0. The summed E-state index contributed by atoms with van der Waals surface area (Å²) in [5.41, 5.74) is 2.81. The molecule has 0 bridgehead atoms. The van der Waals surface area contributed by atoms with E-state index >= 15 is 0 Å². The van der Waals surface area contributed by atoms with E-state index in [2.05, 4.69) is 9.97 Å². The van der Waals surface area contributed by atoms with Crippen molar-refractivity contribution in [3.63, 3.8) is 0 Å². The first kappa shape index (κ1) is 9.03. The quantitative estimate of drug-likeness (QED) is 0.625. The van der Waals surface area contributed by atoms with Gasteiger partial charge in [0.25, 0.3) is 0 Å². The van der Waals surface area contributed by atoms with Crippen LogP contribution in [0.1, 0.15) is 0 Å². The smallest absolute Gasteiger partial charge is 0.199 e. The van der Waals surface area contributed by atoms with Gasteiger partial charge in [0.1, 0.15) is 5.82 Å². The van der Waals surface area contributed by atoms with Crippen LogP contribution in [-0.2, 0) is 0 Å². The van der Waals surface area contributed by atoms with Gasteiger partial charge in [0.2, 0.25) is 0 Å². The molecule has 0 fully saturated rings. The maximum atomic E-state index is 12.8. The van der Waals surface area contributed by atoms with Gasteiger partial charge < -0.3 is 4.42 Å². The van der Waals surface area contributed by atoms with Crippen LogP contribution < -0.4 is 0 Å². The largest absolute Gasteiger partial charge is 0.442 e. The number of oxazole rings is 1. The van der Waals surface area contributed by atoms with Crippen LogP contribution in [0.25, 0.3) is 22.5 Å². The number of halogens is 1. The van der Waals surface area contributed by atoms with E-state index in [1.807, 2.05) is 6.07 Å². The van der Waals surface area contributed by atoms with E-state index in [0.29, 0.717) is 11.2 Å². The van der Waals surface area contributed by atoms with Crippen LogP contribution in [-0.4, -0.2) is 9.97 Å². The molecule has 4 heteroatoms. The zero-order chi connectivity index (χ0) is 11.0. The minimum absolute atomic E-state index is 0.258. The summed E-state index contributed by atoms with van der Waals surface area (Å²) in [6.07, 6.45) is 1.35. The standard InChI is InChI=1S/C12H7FN2O/c13-9-3-1-8(2-4-9)10-5-6-11-12(15-10)14-7-16-11/h1-7H. The van der Waals surface area contributed by atoms with Gasteiger partial charge in [0.15, 0.2) is 17.6 Å². The van der Waals surface area contributed by atoms with Gasteiger partial charge in [0.05, 0.1) is 5.69 Å². The zero-order valence-corrected chi connectivity index (χ0v) is 8.22. The third kappa shape index (κ3) is 1.44. The lowest BCUT2D eigenvalue weighted by Crippen LogP contribution is -1.84. The van der Waals surface area contributed by atoms with Gasteiger partial charge >= 0.3 is 0 Å². The van der Waals surface area contributed by atoms with E-state index in [4.69, 9.17) is 4.42 Å². The molecule has 2 aromatic heterocycles. The van der Waals surface area contributed by atoms with Crippen molar-refractivity contribution in [2.24, 2.45) is 0 Å². The van der Waals surface area contributed by atoms with Gasteiger partial charge in [-0.15, -0.1) is 0 Å². The average molecular weight is 214 g/mol.